The fraction of sp³-hybridized carbons (Fsp3) is 0.667. The van der Waals surface area contributed by atoms with E-state index in [4.69, 9.17) is 5.11 Å². The molecule has 0 bridgehead atoms. The molecule has 2 amide bonds. The second-order valence-corrected chi connectivity index (χ2v) is 5.05. The van der Waals surface area contributed by atoms with Gasteiger partial charge in [0.25, 0.3) is 0 Å². The summed E-state index contributed by atoms with van der Waals surface area (Å²) in [6.45, 7) is -0.213. The van der Waals surface area contributed by atoms with Gasteiger partial charge in [0.2, 0.25) is 0 Å². The Morgan fingerprint density at radius 2 is 1.85 bits per heavy atom. The van der Waals surface area contributed by atoms with Gasteiger partial charge in [0.15, 0.2) is 5.41 Å². The average molecular weight is 292 g/mol. The quantitative estimate of drug-likeness (QED) is 0.748. The molecule has 0 aromatic carbocycles. The second kappa shape index (κ2) is 4.99. The molecular weight excluding hydrogens is 277 g/mol. The first-order chi connectivity index (χ1) is 9.28. The molecule has 2 aliphatic rings. The minimum Gasteiger partial charge on any atom is -0.481 e. The zero-order valence-corrected chi connectivity index (χ0v) is 10.7. The minimum atomic E-state index is -4.87. The molecule has 20 heavy (non-hydrogen) atoms. The lowest BCUT2D eigenvalue weighted by Crippen LogP contribution is -2.50. The number of carbonyl (C=O) groups is 2. The number of urea groups is 1. The van der Waals surface area contributed by atoms with Crippen molar-refractivity contribution in [3.8, 4) is 0 Å². The van der Waals surface area contributed by atoms with Crippen LogP contribution in [0.15, 0.2) is 12.2 Å². The van der Waals surface area contributed by atoms with Gasteiger partial charge in [-0.05, 0) is 12.8 Å². The Kier molecular flexibility index (Phi) is 3.66. The van der Waals surface area contributed by atoms with Crippen LogP contribution in [0.1, 0.15) is 12.8 Å². The van der Waals surface area contributed by atoms with Gasteiger partial charge in [-0.2, -0.15) is 13.2 Å². The van der Waals surface area contributed by atoms with Gasteiger partial charge in [-0.15, -0.1) is 0 Å². The second-order valence-electron chi connectivity index (χ2n) is 5.05. The molecule has 5 nitrogen and oxygen atoms in total. The molecule has 0 saturated carbocycles. The van der Waals surface area contributed by atoms with Gasteiger partial charge < -0.3 is 14.9 Å². The fourth-order valence-electron chi connectivity index (χ4n) is 2.52. The molecule has 2 heterocycles. The molecule has 0 aliphatic carbocycles. The maximum absolute atomic E-state index is 13.0. The average Bonchev–Trinajstić information content (AvgIpc) is 2.85. The van der Waals surface area contributed by atoms with E-state index >= 15 is 0 Å². The Bertz CT molecular complexity index is 450. The summed E-state index contributed by atoms with van der Waals surface area (Å²) in [6, 6.07) is -0.526. The summed E-state index contributed by atoms with van der Waals surface area (Å²) in [5.74, 6) is -1.92. The number of hydrogen-bond donors (Lipinski definition) is 1. The monoisotopic (exact) mass is 292 g/mol. The Hall–Kier alpha value is -1.73. The maximum Gasteiger partial charge on any atom is 0.406 e. The lowest BCUT2D eigenvalue weighted by atomic mass is 9.86. The summed E-state index contributed by atoms with van der Waals surface area (Å²) < 4.78 is 39.0. The van der Waals surface area contributed by atoms with Gasteiger partial charge in [-0.1, -0.05) is 12.2 Å². The number of carboxylic acid groups (broad SMARTS) is 1. The van der Waals surface area contributed by atoms with Crippen molar-refractivity contribution in [1.82, 2.24) is 9.80 Å². The Morgan fingerprint density at radius 3 is 2.30 bits per heavy atom. The molecule has 0 aromatic heterocycles. The third kappa shape index (κ3) is 2.34. The molecule has 2 rings (SSSR count). The summed E-state index contributed by atoms with van der Waals surface area (Å²) in [6.07, 6.45) is -1.14. The van der Waals surface area contributed by atoms with Crippen LogP contribution >= 0.6 is 0 Å². The van der Waals surface area contributed by atoms with Gasteiger partial charge in [0, 0.05) is 26.2 Å². The van der Waals surface area contributed by atoms with Crippen LogP contribution in [0, 0.1) is 5.41 Å². The van der Waals surface area contributed by atoms with Crippen molar-refractivity contribution in [2.75, 3.05) is 26.2 Å². The summed E-state index contributed by atoms with van der Waals surface area (Å²) in [5.41, 5.74) is -2.84. The molecule has 1 N–H and O–H groups in total. The smallest absolute Gasteiger partial charge is 0.406 e. The Balaban J connectivity index is 2.12. The molecule has 112 valence electrons. The van der Waals surface area contributed by atoms with E-state index < -0.39 is 36.6 Å². The first kappa shape index (κ1) is 14.7. The van der Waals surface area contributed by atoms with E-state index in [-0.39, 0.29) is 6.54 Å². The number of halogens is 3. The van der Waals surface area contributed by atoms with Gasteiger partial charge in [-0.3, -0.25) is 4.79 Å². The molecule has 0 spiro atoms. The van der Waals surface area contributed by atoms with E-state index in [1.807, 2.05) is 6.08 Å². The number of carboxylic acids is 1. The van der Waals surface area contributed by atoms with E-state index in [1.54, 1.807) is 6.08 Å². The topological polar surface area (TPSA) is 60.9 Å². The van der Waals surface area contributed by atoms with E-state index in [2.05, 4.69) is 0 Å². The van der Waals surface area contributed by atoms with Crippen molar-refractivity contribution in [3.63, 3.8) is 0 Å². The van der Waals surface area contributed by atoms with Gasteiger partial charge >= 0.3 is 18.2 Å². The van der Waals surface area contributed by atoms with Crippen LogP contribution in [0.4, 0.5) is 18.0 Å². The van der Waals surface area contributed by atoms with Crippen LogP contribution in [-0.4, -0.2) is 59.3 Å². The van der Waals surface area contributed by atoms with Gasteiger partial charge in [-0.25, -0.2) is 4.79 Å². The van der Waals surface area contributed by atoms with Crippen LogP contribution in [0.5, 0.6) is 0 Å². The van der Waals surface area contributed by atoms with Gasteiger partial charge in [0.1, 0.15) is 0 Å². The van der Waals surface area contributed by atoms with E-state index in [0.29, 0.717) is 19.5 Å². The maximum atomic E-state index is 13.0. The van der Waals surface area contributed by atoms with Crippen LogP contribution in [-0.2, 0) is 4.79 Å². The highest BCUT2D eigenvalue weighted by molar-refractivity contribution is 5.80. The van der Waals surface area contributed by atoms with E-state index in [0.717, 1.165) is 4.90 Å². The Morgan fingerprint density at radius 1 is 1.15 bits per heavy atom. The summed E-state index contributed by atoms with van der Waals surface area (Å²) >= 11 is 0. The minimum absolute atomic E-state index is 0.190. The van der Waals surface area contributed by atoms with E-state index in [9.17, 15) is 22.8 Å². The van der Waals surface area contributed by atoms with E-state index in [1.165, 1.54) is 4.90 Å². The predicted octanol–water partition coefficient (Wildman–Crippen LogP) is 1.71. The normalized spacial score (nSPS) is 26.9. The number of rotatable bonds is 1. The van der Waals surface area contributed by atoms with Crippen molar-refractivity contribution in [3.05, 3.63) is 12.2 Å². The number of aliphatic carboxylic acids is 1. The van der Waals surface area contributed by atoms with Crippen molar-refractivity contribution >= 4 is 12.0 Å². The summed E-state index contributed by atoms with van der Waals surface area (Å²) in [5, 5.41) is 8.93. The molecule has 0 radical (unpaired) electrons. The molecule has 1 saturated heterocycles. The lowest BCUT2D eigenvalue weighted by molar-refractivity contribution is -0.227. The Labute approximate surface area is 113 Å². The van der Waals surface area contributed by atoms with Crippen LogP contribution in [0.2, 0.25) is 0 Å². The third-order valence-corrected chi connectivity index (χ3v) is 3.82. The first-order valence-corrected chi connectivity index (χ1v) is 6.27. The SMILES string of the molecule is O=C(N1CC=CCC1)N1CCC(C(=O)O)(C(F)(F)F)C1. The zero-order valence-electron chi connectivity index (χ0n) is 10.7. The third-order valence-electron chi connectivity index (χ3n) is 3.82. The van der Waals surface area contributed by atoms with Crippen molar-refractivity contribution in [2.45, 2.75) is 19.0 Å². The van der Waals surface area contributed by atoms with Crippen LogP contribution in [0.25, 0.3) is 0 Å². The highest BCUT2D eigenvalue weighted by Gasteiger charge is 2.64. The lowest BCUT2D eigenvalue weighted by Gasteiger charge is -2.31. The number of alkyl halides is 3. The van der Waals surface area contributed by atoms with Gasteiger partial charge in [0.05, 0.1) is 0 Å². The first-order valence-electron chi connectivity index (χ1n) is 6.27. The van der Waals surface area contributed by atoms with Crippen LogP contribution < -0.4 is 0 Å². The highest BCUT2D eigenvalue weighted by Crippen LogP contribution is 2.45. The fourth-order valence-corrected chi connectivity index (χ4v) is 2.52. The largest absolute Gasteiger partial charge is 0.481 e. The standard InChI is InChI=1S/C12H15F3N2O3/c13-12(14,15)11(9(18)19)4-7-17(8-11)10(20)16-5-2-1-3-6-16/h1-2H,3-8H2,(H,18,19). The van der Waals surface area contributed by atoms with Crippen molar-refractivity contribution in [2.24, 2.45) is 5.41 Å². The van der Waals surface area contributed by atoms with Crippen molar-refractivity contribution in [1.29, 1.82) is 0 Å². The molecule has 8 heteroatoms. The number of carbonyl (C=O) groups excluding carboxylic acids is 1. The predicted molar refractivity (Wildman–Crippen MR) is 63.0 cm³/mol. The number of amides is 2. The number of hydrogen-bond acceptors (Lipinski definition) is 2. The number of nitrogens with zero attached hydrogens (tertiary/aromatic N) is 2. The molecule has 1 atom stereocenters. The van der Waals surface area contributed by atoms with Crippen molar-refractivity contribution < 1.29 is 27.9 Å². The molecular formula is C12H15F3N2O3. The summed E-state index contributed by atoms with van der Waals surface area (Å²) in [4.78, 5) is 25.5. The molecule has 2 aliphatic heterocycles. The zero-order chi connectivity index (χ0) is 15.0. The van der Waals surface area contributed by atoms with Crippen LogP contribution in [0.3, 0.4) is 0 Å². The molecule has 1 unspecified atom stereocenters. The summed E-state index contributed by atoms with van der Waals surface area (Å²) in [7, 11) is 0. The highest BCUT2D eigenvalue weighted by atomic mass is 19.4. The molecule has 1 fully saturated rings. The molecule has 0 aromatic rings. The number of likely N-dealkylation sites (tertiary alicyclic amines) is 1.